The van der Waals surface area contributed by atoms with Gasteiger partial charge < -0.3 is 10.6 Å². The highest BCUT2D eigenvalue weighted by atomic mass is 32.2. The van der Waals surface area contributed by atoms with Gasteiger partial charge in [-0.2, -0.15) is 0 Å². The maximum Gasteiger partial charge on any atom is 0.316 e. The second-order valence-electron chi connectivity index (χ2n) is 4.86. The van der Waals surface area contributed by atoms with E-state index in [1.54, 1.807) is 6.92 Å². The van der Waals surface area contributed by atoms with E-state index in [4.69, 9.17) is 10.6 Å². The molecule has 0 fully saturated rings. The zero-order valence-electron chi connectivity index (χ0n) is 12.9. The summed E-state index contributed by atoms with van der Waals surface area (Å²) >= 11 is 2.47. The first kappa shape index (κ1) is 16.5. The monoisotopic (exact) mass is 361 g/mol. The zero-order valence-corrected chi connectivity index (χ0v) is 14.5. The Morgan fingerprint density at radius 3 is 2.83 bits per heavy atom. The van der Waals surface area contributed by atoms with Gasteiger partial charge in [0.25, 0.3) is 5.56 Å². The summed E-state index contributed by atoms with van der Waals surface area (Å²) in [4.78, 5) is 29.1. The van der Waals surface area contributed by atoms with E-state index >= 15 is 0 Å². The third-order valence-corrected chi connectivity index (χ3v) is 5.12. The molecule has 24 heavy (non-hydrogen) atoms. The number of nitrogens with two attached hydrogens (primary N) is 1. The van der Waals surface area contributed by atoms with Crippen LogP contribution >= 0.6 is 23.1 Å². The number of thioether (sulfide) groups is 1. The standard InChI is InChI=1S/C16H15N3O3S2/c1-2-22-12(20)9-24-16-18-14-13(15(21)19(16)17)11(8-23-14)10-6-4-3-5-7-10/h3-8H,2,9,17H2,1H3. The first-order valence-electron chi connectivity index (χ1n) is 7.25. The number of aromatic nitrogens is 2. The average molecular weight is 361 g/mol. The molecule has 0 amide bonds. The first-order chi connectivity index (χ1) is 11.6. The molecule has 0 spiro atoms. The van der Waals surface area contributed by atoms with E-state index < -0.39 is 0 Å². The third-order valence-electron chi connectivity index (χ3n) is 3.32. The molecule has 0 radical (unpaired) electrons. The summed E-state index contributed by atoms with van der Waals surface area (Å²) in [5, 5.41) is 2.69. The van der Waals surface area contributed by atoms with Crippen molar-refractivity contribution >= 4 is 39.3 Å². The smallest absolute Gasteiger partial charge is 0.316 e. The molecule has 6 nitrogen and oxygen atoms in total. The van der Waals surface area contributed by atoms with Gasteiger partial charge in [-0.15, -0.1) is 11.3 Å². The minimum absolute atomic E-state index is 0.0555. The zero-order chi connectivity index (χ0) is 17.1. The molecule has 0 aliphatic carbocycles. The van der Waals surface area contributed by atoms with Gasteiger partial charge in [0.2, 0.25) is 0 Å². The van der Waals surface area contributed by atoms with Crippen molar-refractivity contribution in [2.24, 2.45) is 0 Å². The van der Waals surface area contributed by atoms with Gasteiger partial charge in [-0.05, 0) is 12.5 Å². The van der Waals surface area contributed by atoms with Crippen LogP contribution < -0.4 is 11.4 Å². The maximum absolute atomic E-state index is 12.6. The molecular weight excluding hydrogens is 346 g/mol. The number of rotatable bonds is 5. The van der Waals surface area contributed by atoms with Crippen LogP contribution in [0.15, 0.2) is 45.7 Å². The number of hydrogen-bond donors (Lipinski definition) is 1. The van der Waals surface area contributed by atoms with Crippen molar-refractivity contribution in [2.75, 3.05) is 18.2 Å². The summed E-state index contributed by atoms with van der Waals surface area (Å²) in [5.74, 6) is 5.58. The molecule has 0 saturated heterocycles. The van der Waals surface area contributed by atoms with Gasteiger partial charge in [-0.3, -0.25) is 9.59 Å². The van der Waals surface area contributed by atoms with Gasteiger partial charge in [-0.1, -0.05) is 42.1 Å². The van der Waals surface area contributed by atoms with E-state index in [0.717, 1.165) is 27.6 Å². The number of esters is 1. The second-order valence-corrected chi connectivity index (χ2v) is 6.66. The number of carbonyl (C=O) groups excluding carboxylic acids is 1. The minimum atomic E-state index is -0.368. The topological polar surface area (TPSA) is 87.2 Å². The fourth-order valence-electron chi connectivity index (χ4n) is 2.24. The van der Waals surface area contributed by atoms with Crippen LogP contribution in [0.1, 0.15) is 6.92 Å². The van der Waals surface area contributed by atoms with Gasteiger partial charge in [0.05, 0.1) is 17.7 Å². The fraction of sp³-hybridized carbons (Fsp3) is 0.188. The number of fused-ring (bicyclic) bond motifs is 1. The van der Waals surface area contributed by atoms with E-state index in [1.807, 2.05) is 35.7 Å². The first-order valence-corrected chi connectivity index (χ1v) is 9.11. The molecule has 0 saturated carbocycles. The van der Waals surface area contributed by atoms with Crippen LogP contribution in [0.3, 0.4) is 0 Å². The van der Waals surface area contributed by atoms with Crippen molar-refractivity contribution in [3.8, 4) is 11.1 Å². The Morgan fingerprint density at radius 1 is 1.38 bits per heavy atom. The Morgan fingerprint density at radius 2 is 2.12 bits per heavy atom. The maximum atomic E-state index is 12.6. The number of ether oxygens (including phenoxy) is 1. The number of nitrogen functional groups attached to an aromatic ring is 1. The van der Waals surface area contributed by atoms with Gasteiger partial charge in [-0.25, -0.2) is 9.66 Å². The van der Waals surface area contributed by atoms with E-state index in [0.29, 0.717) is 22.0 Å². The molecule has 124 valence electrons. The van der Waals surface area contributed by atoms with E-state index in [2.05, 4.69) is 4.98 Å². The van der Waals surface area contributed by atoms with Crippen LogP contribution in [-0.4, -0.2) is 28.0 Å². The summed E-state index contributed by atoms with van der Waals surface area (Å²) in [6.45, 7) is 2.05. The summed E-state index contributed by atoms with van der Waals surface area (Å²) < 4.78 is 5.86. The normalized spacial score (nSPS) is 10.9. The fourth-order valence-corrected chi connectivity index (χ4v) is 3.95. The molecule has 0 bridgehead atoms. The number of carbonyl (C=O) groups is 1. The van der Waals surface area contributed by atoms with Crippen LogP contribution in [0.4, 0.5) is 0 Å². The molecule has 1 aromatic carbocycles. The van der Waals surface area contributed by atoms with Crippen molar-refractivity contribution in [3.05, 3.63) is 46.1 Å². The molecule has 3 aromatic rings. The van der Waals surface area contributed by atoms with Gasteiger partial charge in [0.15, 0.2) is 5.16 Å². The summed E-state index contributed by atoms with van der Waals surface area (Å²) in [7, 11) is 0. The summed E-state index contributed by atoms with van der Waals surface area (Å²) in [6.07, 6.45) is 0. The van der Waals surface area contributed by atoms with Gasteiger partial charge >= 0.3 is 5.97 Å². The summed E-state index contributed by atoms with van der Waals surface area (Å²) in [6, 6.07) is 9.62. The van der Waals surface area contributed by atoms with Crippen LogP contribution in [0.25, 0.3) is 21.3 Å². The molecule has 8 heteroatoms. The SMILES string of the molecule is CCOC(=O)CSc1nc2scc(-c3ccccc3)c2c(=O)n1N. The van der Waals surface area contributed by atoms with Crippen LogP contribution in [0, 0.1) is 0 Å². The van der Waals surface area contributed by atoms with Crippen LogP contribution in [0.2, 0.25) is 0 Å². The predicted molar refractivity (Wildman–Crippen MR) is 96.8 cm³/mol. The lowest BCUT2D eigenvalue weighted by Gasteiger charge is -2.07. The molecular formula is C16H15N3O3S2. The van der Waals surface area contributed by atoms with Gasteiger partial charge in [0, 0.05) is 10.9 Å². The minimum Gasteiger partial charge on any atom is -0.465 e. The average Bonchev–Trinajstić information content (AvgIpc) is 3.02. The number of nitrogens with zero attached hydrogens (tertiary/aromatic N) is 2. The largest absolute Gasteiger partial charge is 0.465 e. The molecule has 2 heterocycles. The Hall–Kier alpha value is -2.32. The highest BCUT2D eigenvalue weighted by Crippen LogP contribution is 2.31. The van der Waals surface area contributed by atoms with Gasteiger partial charge in [0.1, 0.15) is 4.83 Å². The van der Waals surface area contributed by atoms with Crippen LogP contribution in [0.5, 0.6) is 0 Å². The van der Waals surface area contributed by atoms with Crippen molar-refractivity contribution in [3.63, 3.8) is 0 Å². The molecule has 3 rings (SSSR count). The number of benzene rings is 1. The Labute approximate surface area is 146 Å². The van der Waals surface area contributed by atoms with Crippen molar-refractivity contribution in [2.45, 2.75) is 12.1 Å². The van der Waals surface area contributed by atoms with Crippen molar-refractivity contribution in [1.82, 2.24) is 9.66 Å². The van der Waals surface area contributed by atoms with E-state index in [1.165, 1.54) is 11.3 Å². The second kappa shape index (κ2) is 7.06. The van der Waals surface area contributed by atoms with E-state index in [9.17, 15) is 9.59 Å². The lowest BCUT2D eigenvalue weighted by atomic mass is 10.1. The Bertz CT molecular complexity index is 935. The highest BCUT2D eigenvalue weighted by Gasteiger charge is 2.17. The molecule has 2 N–H and O–H groups in total. The van der Waals surface area contributed by atoms with E-state index in [-0.39, 0.29) is 17.3 Å². The predicted octanol–water partition coefficient (Wildman–Crippen LogP) is 2.49. The third kappa shape index (κ3) is 3.15. The molecule has 2 aromatic heterocycles. The molecule has 0 atom stereocenters. The number of hydrogen-bond acceptors (Lipinski definition) is 7. The number of thiophene rings is 1. The van der Waals surface area contributed by atoms with Crippen molar-refractivity contribution < 1.29 is 9.53 Å². The highest BCUT2D eigenvalue weighted by molar-refractivity contribution is 7.99. The molecule has 0 aliphatic rings. The molecule has 0 unspecified atom stereocenters. The summed E-state index contributed by atoms with van der Waals surface area (Å²) in [5.41, 5.74) is 1.43. The quantitative estimate of drug-likeness (QED) is 0.325. The lowest BCUT2D eigenvalue weighted by molar-refractivity contribution is -0.139. The lowest BCUT2D eigenvalue weighted by Crippen LogP contribution is -2.30. The Kier molecular flexibility index (Phi) is 4.86. The Balaban J connectivity index is 2.00. The van der Waals surface area contributed by atoms with Crippen molar-refractivity contribution in [1.29, 1.82) is 0 Å². The molecule has 0 aliphatic heterocycles. The van der Waals surface area contributed by atoms with Crippen LogP contribution in [-0.2, 0) is 9.53 Å².